The summed E-state index contributed by atoms with van der Waals surface area (Å²) in [7, 11) is 0. The Hall–Kier alpha value is -3.27. The molecule has 7 heteroatoms. The van der Waals surface area contributed by atoms with Gasteiger partial charge >= 0.3 is 0 Å². The Labute approximate surface area is 164 Å². The third kappa shape index (κ3) is 3.80. The fourth-order valence-corrected chi connectivity index (χ4v) is 3.39. The van der Waals surface area contributed by atoms with E-state index in [1.165, 1.54) is 16.1 Å². The number of thiazole rings is 1. The molecule has 2 heterocycles. The third-order valence-electron chi connectivity index (χ3n) is 3.78. The van der Waals surface area contributed by atoms with Gasteiger partial charge in [0.2, 0.25) is 0 Å². The summed E-state index contributed by atoms with van der Waals surface area (Å²) in [5.41, 5.74) is 3.66. The lowest BCUT2D eigenvalue weighted by Gasteiger charge is -1.97. The molecule has 0 saturated carbocycles. The SMILES string of the molecule is N#C/C(=C\c1cnn(-c2ccccc2)n1)c1nc(-c2ccc(Cl)cc2)cs1. The van der Waals surface area contributed by atoms with Crippen LogP contribution in [0.25, 0.3) is 28.6 Å². The molecule has 0 saturated heterocycles. The van der Waals surface area contributed by atoms with Crippen LogP contribution < -0.4 is 0 Å². The zero-order valence-electron chi connectivity index (χ0n) is 14.0. The van der Waals surface area contributed by atoms with Gasteiger partial charge in [-0.25, -0.2) is 4.98 Å². The van der Waals surface area contributed by atoms with E-state index in [-0.39, 0.29) is 0 Å². The van der Waals surface area contributed by atoms with E-state index in [9.17, 15) is 5.26 Å². The first-order chi connectivity index (χ1) is 13.2. The van der Waals surface area contributed by atoms with Crippen LogP contribution in [-0.2, 0) is 0 Å². The Morgan fingerprint density at radius 1 is 1.11 bits per heavy atom. The largest absolute Gasteiger partial charge is 0.235 e. The molecule has 0 aliphatic rings. The van der Waals surface area contributed by atoms with Crippen molar-refractivity contribution >= 4 is 34.6 Å². The molecule has 2 aromatic carbocycles. The third-order valence-corrected chi connectivity index (χ3v) is 4.91. The monoisotopic (exact) mass is 389 g/mol. The molecule has 130 valence electrons. The maximum Gasteiger partial charge on any atom is 0.134 e. The number of hydrogen-bond donors (Lipinski definition) is 0. The number of rotatable bonds is 4. The van der Waals surface area contributed by atoms with Crippen molar-refractivity contribution < 1.29 is 0 Å². The second kappa shape index (κ2) is 7.54. The van der Waals surface area contributed by atoms with Gasteiger partial charge in [-0.3, -0.25) is 0 Å². The van der Waals surface area contributed by atoms with Gasteiger partial charge in [0, 0.05) is 16.0 Å². The van der Waals surface area contributed by atoms with E-state index in [0.29, 0.717) is 21.3 Å². The number of aromatic nitrogens is 4. The lowest BCUT2D eigenvalue weighted by Crippen LogP contribution is -1.97. The average molecular weight is 390 g/mol. The molecule has 0 spiro atoms. The Morgan fingerprint density at radius 2 is 1.89 bits per heavy atom. The van der Waals surface area contributed by atoms with Crippen LogP contribution in [0.1, 0.15) is 10.7 Å². The zero-order valence-corrected chi connectivity index (χ0v) is 15.5. The van der Waals surface area contributed by atoms with Crippen LogP contribution in [0.2, 0.25) is 5.02 Å². The van der Waals surface area contributed by atoms with Crippen molar-refractivity contribution in [3.63, 3.8) is 0 Å². The molecular weight excluding hydrogens is 378 g/mol. The highest BCUT2D eigenvalue weighted by Gasteiger charge is 2.10. The topological polar surface area (TPSA) is 67.4 Å². The standard InChI is InChI=1S/C20H12ClN5S/c21-16-8-6-14(7-9-16)19-13-27-20(24-19)15(11-22)10-17-12-23-26(25-17)18-4-2-1-3-5-18/h1-10,12-13H/b15-10+. The van der Waals surface area contributed by atoms with E-state index >= 15 is 0 Å². The molecule has 0 fully saturated rings. The van der Waals surface area contributed by atoms with Crippen LogP contribution in [-0.4, -0.2) is 20.0 Å². The molecular formula is C20H12ClN5S. The van der Waals surface area contributed by atoms with Gasteiger partial charge < -0.3 is 0 Å². The molecule has 0 aliphatic heterocycles. The molecule has 0 N–H and O–H groups in total. The quantitative estimate of drug-likeness (QED) is 0.455. The zero-order chi connectivity index (χ0) is 18.6. The summed E-state index contributed by atoms with van der Waals surface area (Å²) in [6.07, 6.45) is 3.31. The normalized spacial score (nSPS) is 11.3. The molecule has 0 bridgehead atoms. The first-order valence-corrected chi connectivity index (χ1v) is 9.30. The number of hydrogen-bond acceptors (Lipinski definition) is 5. The van der Waals surface area contributed by atoms with E-state index in [0.717, 1.165) is 16.9 Å². The Morgan fingerprint density at radius 3 is 2.63 bits per heavy atom. The van der Waals surface area contributed by atoms with Gasteiger partial charge in [0.25, 0.3) is 0 Å². The number of nitrogens with zero attached hydrogens (tertiary/aromatic N) is 5. The molecule has 0 radical (unpaired) electrons. The average Bonchev–Trinajstić information content (AvgIpc) is 3.37. The first kappa shape index (κ1) is 17.2. The minimum absolute atomic E-state index is 0.445. The molecule has 0 amide bonds. The molecule has 4 rings (SSSR count). The van der Waals surface area contributed by atoms with Gasteiger partial charge in [-0.2, -0.15) is 15.2 Å². The van der Waals surface area contributed by atoms with E-state index < -0.39 is 0 Å². The van der Waals surface area contributed by atoms with Gasteiger partial charge in [0.15, 0.2) is 0 Å². The summed E-state index contributed by atoms with van der Waals surface area (Å²) >= 11 is 7.34. The lowest BCUT2D eigenvalue weighted by molar-refractivity contribution is 0.750. The molecule has 5 nitrogen and oxygen atoms in total. The van der Waals surface area contributed by atoms with Crippen molar-refractivity contribution in [2.75, 3.05) is 0 Å². The van der Waals surface area contributed by atoms with E-state index in [1.807, 2.05) is 60.0 Å². The van der Waals surface area contributed by atoms with Crippen LogP contribution in [0.3, 0.4) is 0 Å². The van der Waals surface area contributed by atoms with Crippen molar-refractivity contribution in [2.45, 2.75) is 0 Å². The van der Waals surface area contributed by atoms with Crippen LogP contribution in [0, 0.1) is 11.3 Å². The van der Waals surface area contributed by atoms with E-state index in [4.69, 9.17) is 11.6 Å². The molecule has 2 aromatic heterocycles. The highest BCUT2D eigenvalue weighted by Crippen LogP contribution is 2.27. The summed E-state index contributed by atoms with van der Waals surface area (Å²) < 4.78 is 0. The predicted molar refractivity (Wildman–Crippen MR) is 107 cm³/mol. The predicted octanol–water partition coefficient (Wildman–Crippen LogP) is 5.11. The van der Waals surface area contributed by atoms with Crippen molar-refractivity contribution in [2.24, 2.45) is 0 Å². The van der Waals surface area contributed by atoms with Crippen LogP contribution in [0.4, 0.5) is 0 Å². The minimum atomic E-state index is 0.445. The van der Waals surface area contributed by atoms with Crippen molar-refractivity contribution in [3.8, 4) is 23.0 Å². The van der Waals surface area contributed by atoms with Gasteiger partial charge in [0.1, 0.15) is 16.8 Å². The number of allylic oxidation sites excluding steroid dienone is 1. The first-order valence-electron chi connectivity index (χ1n) is 8.04. The van der Waals surface area contributed by atoms with Crippen LogP contribution in [0.15, 0.2) is 66.2 Å². The van der Waals surface area contributed by atoms with Crippen molar-refractivity contribution in [1.82, 2.24) is 20.0 Å². The van der Waals surface area contributed by atoms with Gasteiger partial charge in [-0.1, -0.05) is 41.9 Å². The maximum atomic E-state index is 9.56. The number of nitriles is 1. The summed E-state index contributed by atoms with van der Waals surface area (Å²) in [6, 6.07) is 19.2. The highest BCUT2D eigenvalue weighted by molar-refractivity contribution is 7.11. The maximum absolute atomic E-state index is 9.56. The fourth-order valence-electron chi connectivity index (χ4n) is 2.47. The van der Waals surface area contributed by atoms with Gasteiger partial charge in [0.05, 0.1) is 23.2 Å². The van der Waals surface area contributed by atoms with Crippen LogP contribution >= 0.6 is 22.9 Å². The molecule has 27 heavy (non-hydrogen) atoms. The Balaban J connectivity index is 1.62. The van der Waals surface area contributed by atoms with Gasteiger partial charge in [-0.15, -0.1) is 16.4 Å². The van der Waals surface area contributed by atoms with Crippen molar-refractivity contribution in [3.05, 3.63) is 81.9 Å². The Kier molecular flexibility index (Phi) is 4.79. The smallest absolute Gasteiger partial charge is 0.134 e. The van der Waals surface area contributed by atoms with Gasteiger partial charge in [-0.05, 0) is 30.3 Å². The molecule has 0 atom stereocenters. The minimum Gasteiger partial charge on any atom is -0.235 e. The Bertz CT molecular complexity index is 1140. The molecule has 4 aromatic rings. The lowest BCUT2D eigenvalue weighted by atomic mass is 10.2. The summed E-state index contributed by atoms with van der Waals surface area (Å²) in [6.45, 7) is 0. The van der Waals surface area contributed by atoms with E-state index in [2.05, 4.69) is 21.3 Å². The number of benzene rings is 2. The second-order valence-corrected chi connectivity index (χ2v) is 6.90. The summed E-state index contributed by atoms with van der Waals surface area (Å²) in [4.78, 5) is 6.10. The number of para-hydroxylation sites is 1. The highest BCUT2D eigenvalue weighted by atomic mass is 35.5. The fraction of sp³-hybridized carbons (Fsp3) is 0. The van der Waals surface area contributed by atoms with Crippen LogP contribution in [0.5, 0.6) is 0 Å². The summed E-state index contributed by atoms with van der Waals surface area (Å²) in [5, 5.41) is 21.4. The second-order valence-electron chi connectivity index (χ2n) is 5.61. The van der Waals surface area contributed by atoms with Crippen molar-refractivity contribution in [1.29, 1.82) is 5.26 Å². The molecule has 0 aliphatic carbocycles. The number of halogens is 1. The summed E-state index contributed by atoms with van der Waals surface area (Å²) in [5.74, 6) is 0. The van der Waals surface area contributed by atoms with E-state index in [1.54, 1.807) is 12.3 Å². The molecule has 0 unspecified atom stereocenters.